The molecule has 1 unspecified atom stereocenters. The molecule has 0 amide bonds. The largest absolute Gasteiger partial charge is 0.505 e. The van der Waals surface area contributed by atoms with Crippen molar-refractivity contribution in [3.8, 4) is 5.75 Å². The van der Waals surface area contributed by atoms with Crippen LogP contribution in [0.2, 0.25) is 0 Å². The van der Waals surface area contributed by atoms with Gasteiger partial charge in [0.05, 0.1) is 23.6 Å². The summed E-state index contributed by atoms with van der Waals surface area (Å²) in [5, 5.41) is 15.6. The fraction of sp³-hybridized carbons (Fsp3) is 0.118. The number of rotatable bonds is 6. The quantitative estimate of drug-likeness (QED) is 0.362. The lowest BCUT2D eigenvalue weighted by atomic mass is 10.1. The van der Waals surface area contributed by atoms with Gasteiger partial charge in [0.2, 0.25) is 0 Å². The molecule has 7 heteroatoms. The maximum absolute atomic E-state index is 11.8. The average molecular weight is 326 g/mol. The van der Waals surface area contributed by atoms with E-state index < -0.39 is 10.9 Å². The molecule has 0 aliphatic carbocycles. The Morgan fingerprint density at radius 3 is 2.54 bits per heavy atom. The van der Waals surface area contributed by atoms with Crippen molar-refractivity contribution in [3.63, 3.8) is 0 Å². The zero-order valence-electron chi connectivity index (χ0n) is 12.7. The van der Waals surface area contributed by atoms with Crippen molar-refractivity contribution in [1.82, 2.24) is 0 Å². The number of hydrogen-bond donors (Lipinski definition) is 3. The SMILES string of the molecule is CC(Nc1c(Nc2cccc(C=O)c2O)c(=O)c1=O)c1ccco1. The third kappa shape index (κ3) is 2.56. The number of phenolic OH excluding ortho intramolecular Hbond substituents is 1. The van der Waals surface area contributed by atoms with Gasteiger partial charge in [0.1, 0.15) is 22.9 Å². The first-order valence-corrected chi connectivity index (χ1v) is 7.20. The number of hydrogen-bond acceptors (Lipinski definition) is 7. The van der Waals surface area contributed by atoms with E-state index >= 15 is 0 Å². The summed E-state index contributed by atoms with van der Waals surface area (Å²) in [7, 11) is 0. The van der Waals surface area contributed by atoms with E-state index in [2.05, 4.69) is 10.6 Å². The number of benzene rings is 1. The molecule has 0 radical (unpaired) electrons. The van der Waals surface area contributed by atoms with Gasteiger partial charge in [-0.1, -0.05) is 6.07 Å². The molecule has 24 heavy (non-hydrogen) atoms. The molecule has 1 aromatic heterocycles. The summed E-state index contributed by atoms with van der Waals surface area (Å²) in [6, 6.07) is 7.63. The van der Waals surface area contributed by atoms with Gasteiger partial charge in [-0.05, 0) is 31.2 Å². The van der Waals surface area contributed by atoms with Crippen molar-refractivity contribution in [2.24, 2.45) is 0 Å². The summed E-state index contributed by atoms with van der Waals surface area (Å²) in [6.07, 6.45) is 2.01. The number of carbonyl (C=O) groups is 1. The van der Waals surface area contributed by atoms with Crippen molar-refractivity contribution in [2.75, 3.05) is 10.6 Å². The first-order chi connectivity index (χ1) is 11.5. The van der Waals surface area contributed by atoms with E-state index in [1.54, 1.807) is 25.1 Å². The summed E-state index contributed by atoms with van der Waals surface area (Å²) in [5.74, 6) is 0.324. The predicted octanol–water partition coefficient (Wildman–Crippen LogP) is 2.31. The van der Waals surface area contributed by atoms with Gasteiger partial charge in [-0.2, -0.15) is 0 Å². The van der Waals surface area contributed by atoms with Crippen LogP contribution in [-0.2, 0) is 0 Å². The molecular formula is C17H14N2O5. The Hall–Kier alpha value is -3.35. The summed E-state index contributed by atoms with van der Waals surface area (Å²) in [4.78, 5) is 34.5. The Balaban J connectivity index is 1.88. The van der Waals surface area contributed by atoms with Crippen LogP contribution in [0.3, 0.4) is 0 Å². The van der Waals surface area contributed by atoms with Crippen molar-refractivity contribution < 1.29 is 14.3 Å². The molecule has 0 aliphatic rings. The van der Waals surface area contributed by atoms with Gasteiger partial charge in [-0.25, -0.2) is 0 Å². The molecule has 0 saturated carbocycles. The molecule has 3 N–H and O–H groups in total. The van der Waals surface area contributed by atoms with Crippen LogP contribution < -0.4 is 21.5 Å². The standard InChI is InChI=1S/C17H14N2O5/c1-9(12-6-3-7-24-12)18-13-14(17(23)16(13)22)19-11-5-2-4-10(8-20)15(11)21/h2-9,18-19,21H,1H3. The molecule has 2 aromatic carbocycles. The number of para-hydroxylation sites is 1. The topological polar surface area (TPSA) is 109 Å². The van der Waals surface area contributed by atoms with Crippen molar-refractivity contribution in [3.05, 3.63) is 68.4 Å². The molecule has 0 fully saturated rings. The number of aromatic hydroxyl groups is 1. The molecule has 122 valence electrons. The van der Waals surface area contributed by atoms with Gasteiger partial charge in [-0.3, -0.25) is 14.4 Å². The van der Waals surface area contributed by atoms with E-state index in [1.807, 2.05) is 0 Å². The Kier molecular flexibility index (Phi) is 3.91. The fourth-order valence-electron chi connectivity index (χ4n) is 2.37. The molecule has 0 spiro atoms. The van der Waals surface area contributed by atoms with Crippen LogP contribution in [0.25, 0.3) is 0 Å². The maximum Gasteiger partial charge on any atom is 0.253 e. The Labute approximate surface area is 136 Å². The van der Waals surface area contributed by atoms with Crippen LogP contribution in [0.1, 0.15) is 29.1 Å². The molecule has 7 nitrogen and oxygen atoms in total. The lowest BCUT2D eigenvalue weighted by Gasteiger charge is -2.18. The highest BCUT2D eigenvalue weighted by atomic mass is 16.3. The van der Waals surface area contributed by atoms with E-state index in [1.165, 1.54) is 18.4 Å². The van der Waals surface area contributed by atoms with Crippen molar-refractivity contribution >= 4 is 23.3 Å². The summed E-state index contributed by atoms with van der Waals surface area (Å²) in [6.45, 7) is 1.78. The van der Waals surface area contributed by atoms with Crippen LogP contribution in [-0.4, -0.2) is 11.4 Å². The van der Waals surface area contributed by atoms with Crippen molar-refractivity contribution in [2.45, 2.75) is 13.0 Å². The molecule has 0 aliphatic heterocycles. The molecule has 3 aromatic rings. The number of anilines is 3. The molecule has 0 bridgehead atoms. The van der Waals surface area contributed by atoms with E-state index in [4.69, 9.17) is 4.42 Å². The monoisotopic (exact) mass is 326 g/mol. The third-order valence-corrected chi connectivity index (χ3v) is 3.70. The first kappa shape index (κ1) is 15.5. The van der Waals surface area contributed by atoms with Gasteiger partial charge < -0.3 is 20.2 Å². The number of aldehydes is 1. The predicted molar refractivity (Wildman–Crippen MR) is 88.9 cm³/mol. The summed E-state index contributed by atoms with van der Waals surface area (Å²) >= 11 is 0. The van der Waals surface area contributed by atoms with Gasteiger partial charge in [-0.15, -0.1) is 0 Å². The second kappa shape index (κ2) is 6.04. The fourth-order valence-corrected chi connectivity index (χ4v) is 2.37. The highest BCUT2D eigenvalue weighted by molar-refractivity contribution is 5.87. The number of carbonyl (C=O) groups excluding carboxylic acids is 1. The van der Waals surface area contributed by atoms with Gasteiger partial charge in [0.15, 0.2) is 6.29 Å². The average Bonchev–Trinajstić information content (AvgIpc) is 3.13. The van der Waals surface area contributed by atoms with Crippen LogP contribution in [0.4, 0.5) is 17.1 Å². The highest BCUT2D eigenvalue weighted by Gasteiger charge is 2.24. The van der Waals surface area contributed by atoms with E-state index in [9.17, 15) is 19.5 Å². The van der Waals surface area contributed by atoms with E-state index in [-0.39, 0.29) is 34.4 Å². The number of furan rings is 1. The molecule has 1 heterocycles. The second-order valence-electron chi connectivity index (χ2n) is 5.28. The second-order valence-corrected chi connectivity index (χ2v) is 5.28. The van der Waals surface area contributed by atoms with Gasteiger partial charge >= 0.3 is 0 Å². The number of phenols is 1. The summed E-state index contributed by atoms with van der Waals surface area (Å²) < 4.78 is 5.25. The highest BCUT2D eigenvalue weighted by Crippen LogP contribution is 2.31. The Morgan fingerprint density at radius 1 is 1.12 bits per heavy atom. The Morgan fingerprint density at radius 2 is 1.88 bits per heavy atom. The molecular weight excluding hydrogens is 312 g/mol. The van der Waals surface area contributed by atoms with Gasteiger partial charge in [0, 0.05) is 0 Å². The van der Waals surface area contributed by atoms with E-state index in [0.29, 0.717) is 12.0 Å². The minimum Gasteiger partial charge on any atom is -0.505 e. The number of nitrogens with one attached hydrogen (secondary N) is 2. The maximum atomic E-state index is 11.8. The zero-order valence-corrected chi connectivity index (χ0v) is 12.7. The van der Waals surface area contributed by atoms with Crippen LogP contribution >= 0.6 is 0 Å². The lowest BCUT2D eigenvalue weighted by Crippen LogP contribution is -2.37. The minimum absolute atomic E-state index is 0.0387. The smallest absolute Gasteiger partial charge is 0.253 e. The third-order valence-electron chi connectivity index (χ3n) is 3.70. The van der Waals surface area contributed by atoms with E-state index in [0.717, 1.165) is 0 Å². The lowest BCUT2D eigenvalue weighted by molar-refractivity contribution is 0.112. The first-order valence-electron chi connectivity index (χ1n) is 7.20. The van der Waals surface area contributed by atoms with Crippen LogP contribution in [0, 0.1) is 0 Å². The summed E-state index contributed by atoms with van der Waals surface area (Å²) in [5.41, 5.74) is -0.948. The van der Waals surface area contributed by atoms with Crippen molar-refractivity contribution in [1.29, 1.82) is 0 Å². The Bertz CT molecular complexity index is 952. The molecule has 0 saturated heterocycles. The normalized spacial score (nSPS) is 12.0. The minimum atomic E-state index is -0.694. The molecule has 3 rings (SSSR count). The van der Waals surface area contributed by atoms with Crippen LogP contribution in [0.5, 0.6) is 5.75 Å². The zero-order chi connectivity index (χ0) is 17.3. The molecule has 1 atom stereocenters. The van der Waals surface area contributed by atoms with Gasteiger partial charge in [0.25, 0.3) is 10.9 Å². The van der Waals surface area contributed by atoms with Crippen LogP contribution in [0.15, 0.2) is 50.6 Å².